The van der Waals surface area contributed by atoms with Crippen molar-refractivity contribution in [3.8, 4) is 0 Å². The number of fused-ring (bicyclic) bond motifs is 1. The molecule has 4 aromatic heterocycles. The van der Waals surface area contributed by atoms with Crippen molar-refractivity contribution in [3.63, 3.8) is 0 Å². The molecule has 0 unspecified atom stereocenters. The van der Waals surface area contributed by atoms with E-state index in [4.69, 9.17) is 22.7 Å². The Morgan fingerprint density at radius 2 is 1.29 bits per heavy atom. The minimum absolute atomic E-state index is 0. The summed E-state index contributed by atoms with van der Waals surface area (Å²) in [6, 6.07) is 4.83. The fourth-order valence-electron chi connectivity index (χ4n) is 4.92. The van der Waals surface area contributed by atoms with Crippen LogP contribution in [0.5, 0.6) is 0 Å². The number of H-pyrrole nitrogens is 4. The second-order valence-electron chi connectivity index (χ2n) is 11.2. The Balaban J connectivity index is 0.00000583. The molecule has 1 aromatic carbocycles. The summed E-state index contributed by atoms with van der Waals surface area (Å²) >= 11 is 5.62. The predicted molar refractivity (Wildman–Crippen MR) is 196 cm³/mol. The number of nitrogens with one attached hydrogen (secondary N) is 10. The van der Waals surface area contributed by atoms with Gasteiger partial charge in [0, 0.05) is 53.9 Å². The fourth-order valence-corrected chi connectivity index (χ4v) is 4.97. The number of anilines is 4. The average molecular weight is 738 g/mol. The standard InChI is InChI=1S/C32H33ClN12O5.ClH/c1-13-20(10-37-24(13)29(47)36-8-7-23(34)35)43-30(48)25-14(2)21(11-38-25)44-31(49)26-15(3)22(12-39-26)45-32(50)27-41-18-6-5-17(9-19(18)42-27)40-28(46)16(4)33;/h5-6,9-12,37-39H,4,7-8H2,1-3H3,(H3,34,35)(H,36,47)(H,40,46)(H,41,42)(H,43,48)(H,44,49)(H,45,50);1H. The van der Waals surface area contributed by atoms with Gasteiger partial charge in [0.1, 0.15) is 17.1 Å². The van der Waals surface area contributed by atoms with E-state index in [1.165, 1.54) is 18.6 Å². The Kier molecular flexibility index (Phi) is 11.4. The second kappa shape index (κ2) is 15.5. The van der Waals surface area contributed by atoms with Crippen molar-refractivity contribution in [2.75, 3.05) is 27.8 Å². The van der Waals surface area contributed by atoms with Gasteiger partial charge in [-0.25, -0.2) is 4.98 Å². The molecule has 5 aromatic rings. The highest BCUT2D eigenvalue weighted by atomic mass is 35.5. The molecule has 4 heterocycles. The van der Waals surface area contributed by atoms with Gasteiger partial charge in [0.2, 0.25) is 0 Å². The number of nitrogens with zero attached hydrogens (tertiary/aromatic N) is 1. The topological polar surface area (TPSA) is 271 Å². The molecular weight excluding hydrogens is 703 g/mol. The maximum Gasteiger partial charge on any atom is 0.291 e. The predicted octanol–water partition coefficient (Wildman–Crippen LogP) is 4.40. The summed E-state index contributed by atoms with van der Waals surface area (Å²) in [4.78, 5) is 79.5. The number of amidine groups is 1. The molecule has 12 N–H and O–H groups in total. The van der Waals surface area contributed by atoms with E-state index in [9.17, 15) is 24.0 Å². The molecule has 0 atom stereocenters. The third kappa shape index (κ3) is 8.28. The lowest BCUT2D eigenvalue weighted by Gasteiger charge is -2.07. The van der Waals surface area contributed by atoms with Crippen molar-refractivity contribution in [1.29, 1.82) is 5.41 Å². The smallest absolute Gasteiger partial charge is 0.291 e. The van der Waals surface area contributed by atoms with Crippen LogP contribution < -0.4 is 32.3 Å². The third-order valence-electron chi connectivity index (χ3n) is 7.73. The quantitative estimate of drug-likeness (QED) is 0.0499. The highest BCUT2D eigenvalue weighted by molar-refractivity contribution is 6.43. The van der Waals surface area contributed by atoms with E-state index in [2.05, 4.69) is 58.1 Å². The molecule has 51 heavy (non-hydrogen) atoms. The van der Waals surface area contributed by atoms with Crippen molar-refractivity contribution in [2.45, 2.75) is 27.2 Å². The van der Waals surface area contributed by atoms with Gasteiger partial charge in [-0.1, -0.05) is 18.2 Å². The summed E-state index contributed by atoms with van der Waals surface area (Å²) in [6.07, 6.45) is 4.65. The van der Waals surface area contributed by atoms with E-state index in [-0.39, 0.29) is 59.1 Å². The SMILES string of the molecule is C=C(Cl)C(=O)Nc1ccc2[nH]c(C(=O)Nc3c[nH]c(C(=O)Nc4c[nH]c(C(=O)Nc5c[nH]c(C(=O)NCCC(=N)N)c5C)c4C)c3C)nc2c1.Cl. The zero-order valence-corrected chi connectivity index (χ0v) is 29.0. The van der Waals surface area contributed by atoms with E-state index >= 15 is 0 Å². The van der Waals surface area contributed by atoms with Crippen LogP contribution in [0.1, 0.15) is 65.2 Å². The van der Waals surface area contributed by atoms with Gasteiger partial charge in [0.15, 0.2) is 5.82 Å². The number of rotatable bonds is 12. The van der Waals surface area contributed by atoms with Gasteiger partial charge in [-0.2, -0.15) is 0 Å². The first-order chi connectivity index (χ1) is 23.7. The zero-order chi connectivity index (χ0) is 36.3. The number of aromatic amines is 4. The van der Waals surface area contributed by atoms with Crippen LogP contribution in [-0.4, -0.2) is 66.8 Å². The van der Waals surface area contributed by atoms with Gasteiger partial charge in [0.25, 0.3) is 29.5 Å². The van der Waals surface area contributed by atoms with Crippen molar-refractivity contribution in [1.82, 2.24) is 30.2 Å². The fraction of sp³-hybridized carbons (Fsp3) is 0.156. The van der Waals surface area contributed by atoms with E-state index in [1.54, 1.807) is 39.0 Å². The molecule has 266 valence electrons. The van der Waals surface area contributed by atoms with Crippen LogP contribution in [0.4, 0.5) is 22.7 Å². The molecule has 0 bridgehead atoms. The second-order valence-corrected chi connectivity index (χ2v) is 11.6. The Hall–Kier alpha value is -6.33. The van der Waals surface area contributed by atoms with Crippen LogP contribution in [0.15, 0.2) is 48.4 Å². The molecule has 0 saturated heterocycles. The van der Waals surface area contributed by atoms with Gasteiger partial charge >= 0.3 is 0 Å². The molecule has 5 amide bonds. The maximum atomic E-state index is 13.2. The van der Waals surface area contributed by atoms with Gasteiger partial charge in [-0.05, 0) is 39.0 Å². The first-order valence-electron chi connectivity index (χ1n) is 15.0. The summed E-state index contributed by atoms with van der Waals surface area (Å²) in [5, 5.41) is 20.6. The summed E-state index contributed by atoms with van der Waals surface area (Å²) in [7, 11) is 0. The van der Waals surface area contributed by atoms with E-state index in [1.807, 2.05) is 0 Å². The molecular formula is C32H34Cl2N12O5. The normalized spacial score (nSPS) is 10.6. The van der Waals surface area contributed by atoms with Crippen LogP contribution in [0.2, 0.25) is 0 Å². The highest BCUT2D eigenvalue weighted by Crippen LogP contribution is 2.25. The Morgan fingerprint density at radius 1 is 0.804 bits per heavy atom. The van der Waals surface area contributed by atoms with Crippen LogP contribution in [0.25, 0.3) is 11.0 Å². The first kappa shape index (κ1) is 37.5. The molecule has 0 aliphatic rings. The van der Waals surface area contributed by atoms with Gasteiger partial charge in [-0.15, -0.1) is 12.4 Å². The minimum atomic E-state index is -0.565. The van der Waals surface area contributed by atoms with Crippen LogP contribution in [0.3, 0.4) is 0 Å². The summed E-state index contributed by atoms with van der Waals surface area (Å²) in [6.45, 7) is 8.56. The molecule has 0 radical (unpaired) electrons. The third-order valence-corrected chi connectivity index (χ3v) is 7.90. The lowest BCUT2D eigenvalue weighted by atomic mass is 10.2. The minimum Gasteiger partial charge on any atom is -0.388 e. The zero-order valence-electron chi connectivity index (χ0n) is 27.4. The molecule has 19 heteroatoms. The summed E-state index contributed by atoms with van der Waals surface area (Å²) < 4.78 is 0. The van der Waals surface area contributed by atoms with Crippen LogP contribution in [0, 0.1) is 26.2 Å². The van der Waals surface area contributed by atoms with Gasteiger partial charge in [0.05, 0.1) is 39.0 Å². The van der Waals surface area contributed by atoms with Gasteiger partial charge in [-0.3, -0.25) is 29.4 Å². The maximum absolute atomic E-state index is 13.2. The Morgan fingerprint density at radius 3 is 1.78 bits per heavy atom. The monoisotopic (exact) mass is 736 g/mol. The molecule has 0 saturated carbocycles. The van der Waals surface area contributed by atoms with Crippen molar-refractivity contribution < 1.29 is 24.0 Å². The van der Waals surface area contributed by atoms with Crippen molar-refractivity contribution in [3.05, 3.63) is 88.0 Å². The first-order valence-corrected chi connectivity index (χ1v) is 15.4. The Bertz CT molecular complexity index is 2210. The number of carbonyl (C=O) groups is 5. The van der Waals surface area contributed by atoms with E-state index < -0.39 is 29.5 Å². The number of amides is 5. The number of benzene rings is 1. The number of carbonyl (C=O) groups excluding carboxylic acids is 5. The molecule has 5 rings (SSSR count). The number of hydrogen-bond acceptors (Lipinski definition) is 7. The number of imidazole rings is 1. The number of aromatic nitrogens is 5. The Labute approximate surface area is 300 Å². The molecule has 0 fully saturated rings. The largest absolute Gasteiger partial charge is 0.388 e. The van der Waals surface area contributed by atoms with E-state index in [0.29, 0.717) is 50.5 Å². The highest BCUT2D eigenvalue weighted by Gasteiger charge is 2.22. The molecule has 0 spiro atoms. The van der Waals surface area contributed by atoms with Crippen LogP contribution >= 0.6 is 24.0 Å². The lowest BCUT2D eigenvalue weighted by Crippen LogP contribution is -2.28. The molecule has 0 aliphatic carbocycles. The molecule has 17 nitrogen and oxygen atoms in total. The van der Waals surface area contributed by atoms with E-state index in [0.717, 1.165) is 0 Å². The number of halogens is 2. The van der Waals surface area contributed by atoms with Crippen LogP contribution in [-0.2, 0) is 4.79 Å². The number of nitrogens with two attached hydrogens (primary N) is 1. The van der Waals surface area contributed by atoms with Crippen molar-refractivity contribution in [2.24, 2.45) is 5.73 Å². The molecule has 0 aliphatic heterocycles. The van der Waals surface area contributed by atoms with Crippen molar-refractivity contribution >= 4 is 93.2 Å². The average Bonchev–Trinajstić information content (AvgIpc) is 3.83. The van der Waals surface area contributed by atoms with Gasteiger partial charge < -0.3 is 52.3 Å². The lowest BCUT2D eigenvalue weighted by molar-refractivity contribution is -0.112. The number of hydrogen-bond donors (Lipinski definition) is 11. The summed E-state index contributed by atoms with van der Waals surface area (Å²) in [5.41, 5.74) is 9.84. The summed E-state index contributed by atoms with van der Waals surface area (Å²) in [5.74, 6) is -2.59.